The zero-order valence-electron chi connectivity index (χ0n) is 5.20. The Kier molecular flexibility index (Phi) is 1.43. The van der Waals surface area contributed by atoms with Gasteiger partial charge in [0.2, 0.25) is 6.17 Å². The van der Waals surface area contributed by atoms with Gasteiger partial charge in [0.1, 0.15) is 5.60 Å². The van der Waals surface area contributed by atoms with Crippen LogP contribution in [0.5, 0.6) is 0 Å². The van der Waals surface area contributed by atoms with Gasteiger partial charge in [-0.05, 0) is 6.92 Å². The van der Waals surface area contributed by atoms with Gasteiger partial charge in [-0.25, -0.2) is 4.39 Å². The first-order chi connectivity index (χ1) is 4.36. The summed E-state index contributed by atoms with van der Waals surface area (Å²) in [5.41, 5.74) is -1.60. The van der Waals surface area contributed by atoms with Crippen molar-refractivity contribution < 1.29 is 22.3 Å². The van der Waals surface area contributed by atoms with Crippen LogP contribution in [0.15, 0.2) is 0 Å². The Morgan fingerprint density at radius 1 is 1.50 bits per heavy atom. The van der Waals surface area contributed by atoms with Gasteiger partial charge in [0.05, 0.1) is 6.61 Å². The van der Waals surface area contributed by atoms with Gasteiger partial charge in [-0.3, -0.25) is 0 Å². The number of rotatable bonds is 1. The minimum atomic E-state index is -4.79. The number of hydrogen-bond donors (Lipinski definition) is 0. The van der Waals surface area contributed by atoms with Gasteiger partial charge in [-0.1, -0.05) is 0 Å². The van der Waals surface area contributed by atoms with Gasteiger partial charge in [0.25, 0.3) is 0 Å². The molecule has 60 valence electrons. The van der Waals surface area contributed by atoms with E-state index in [1.807, 2.05) is 0 Å². The Labute approximate surface area is 55.0 Å². The summed E-state index contributed by atoms with van der Waals surface area (Å²) >= 11 is 0. The lowest BCUT2D eigenvalue weighted by Gasteiger charge is -2.14. The zero-order chi connectivity index (χ0) is 7.99. The molecule has 5 heteroatoms. The summed E-state index contributed by atoms with van der Waals surface area (Å²) in [6, 6.07) is 0. The molecule has 0 saturated carbocycles. The van der Waals surface area contributed by atoms with Crippen molar-refractivity contribution in [3.8, 4) is 0 Å². The van der Waals surface area contributed by atoms with E-state index in [4.69, 9.17) is 0 Å². The predicted octanol–water partition coefficient (Wildman–Crippen LogP) is 1.68. The van der Waals surface area contributed by atoms with Gasteiger partial charge >= 0.3 is 6.18 Å². The SMILES string of the molecule is CC1(C(F)C(F)(F)F)CO1. The van der Waals surface area contributed by atoms with Crippen LogP contribution in [-0.2, 0) is 4.74 Å². The molecule has 2 unspecified atom stereocenters. The fourth-order valence-electron chi connectivity index (χ4n) is 0.606. The molecule has 0 radical (unpaired) electrons. The molecule has 0 aliphatic carbocycles. The molecular weight excluding hydrogens is 152 g/mol. The van der Waals surface area contributed by atoms with Gasteiger partial charge in [-0.2, -0.15) is 13.2 Å². The van der Waals surface area contributed by atoms with Crippen LogP contribution in [-0.4, -0.2) is 24.6 Å². The third kappa shape index (κ3) is 1.23. The second kappa shape index (κ2) is 1.84. The van der Waals surface area contributed by atoms with Crippen molar-refractivity contribution in [1.29, 1.82) is 0 Å². The molecule has 0 N–H and O–H groups in total. The van der Waals surface area contributed by atoms with Crippen LogP contribution in [0.25, 0.3) is 0 Å². The summed E-state index contributed by atoms with van der Waals surface area (Å²) in [5.74, 6) is 0. The molecule has 2 atom stereocenters. The van der Waals surface area contributed by atoms with Gasteiger partial charge in [-0.15, -0.1) is 0 Å². The minimum Gasteiger partial charge on any atom is -0.366 e. The first-order valence-corrected chi connectivity index (χ1v) is 2.71. The molecule has 0 amide bonds. The quantitative estimate of drug-likeness (QED) is 0.417. The van der Waals surface area contributed by atoms with E-state index in [0.717, 1.165) is 6.92 Å². The Morgan fingerprint density at radius 3 is 2.00 bits per heavy atom. The monoisotopic (exact) mass is 158 g/mol. The summed E-state index contributed by atoms with van der Waals surface area (Å²) in [4.78, 5) is 0. The highest BCUT2D eigenvalue weighted by atomic mass is 19.4. The van der Waals surface area contributed by atoms with Crippen molar-refractivity contribution in [1.82, 2.24) is 0 Å². The molecule has 10 heavy (non-hydrogen) atoms. The Balaban J connectivity index is 2.57. The van der Waals surface area contributed by atoms with E-state index in [1.54, 1.807) is 0 Å². The Bertz CT molecular complexity index is 132. The van der Waals surface area contributed by atoms with E-state index in [-0.39, 0.29) is 6.61 Å². The summed E-state index contributed by atoms with van der Waals surface area (Å²) < 4.78 is 51.1. The van der Waals surface area contributed by atoms with Crippen molar-refractivity contribution in [2.24, 2.45) is 0 Å². The van der Waals surface area contributed by atoms with Crippen molar-refractivity contribution in [3.63, 3.8) is 0 Å². The predicted molar refractivity (Wildman–Crippen MR) is 25.3 cm³/mol. The lowest BCUT2D eigenvalue weighted by Crippen LogP contribution is -2.36. The number of epoxide rings is 1. The molecule has 1 aliphatic rings. The van der Waals surface area contributed by atoms with Crippen molar-refractivity contribution in [3.05, 3.63) is 0 Å². The first-order valence-electron chi connectivity index (χ1n) is 2.71. The molecule has 0 aromatic carbocycles. The van der Waals surface area contributed by atoms with E-state index in [0.29, 0.717) is 0 Å². The highest BCUT2D eigenvalue weighted by Gasteiger charge is 2.60. The largest absolute Gasteiger partial charge is 0.422 e. The van der Waals surface area contributed by atoms with E-state index in [1.165, 1.54) is 0 Å². The number of hydrogen-bond acceptors (Lipinski definition) is 1. The molecule has 0 bridgehead atoms. The topological polar surface area (TPSA) is 12.5 Å². The fraction of sp³-hybridized carbons (Fsp3) is 1.00. The van der Waals surface area contributed by atoms with E-state index < -0.39 is 17.9 Å². The van der Waals surface area contributed by atoms with Crippen LogP contribution in [0.2, 0.25) is 0 Å². The maximum atomic E-state index is 12.2. The normalized spacial score (nSPS) is 35.7. The first kappa shape index (κ1) is 7.78. The van der Waals surface area contributed by atoms with E-state index in [9.17, 15) is 17.6 Å². The van der Waals surface area contributed by atoms with Crippen molar-refractivity contribution >= 4 is 0 Å². The average molecular weight is 158 g/mol. The van der Waals surface area contributed by atoms with Gasteiger partial charge < -0.3 is 4.74 Å². The summed E-state index contributed by atoms with van der Waals surface area (Å²) in [7, 11) is 0. The van der Waals surface area contributed by atoms with Crippen LogP contribution in [0.1, 0.15) is 6.92 Å². The molecule has 1 aliphatic heterocycles. The molecule has 0 aromatic heterocycles. The highest BCUT2D eigenvalue weighted by Crippen LogP contribution is 2.40. The minimum absolute atomic E-state index is 0.145. The third-order valence-corrected chi connectivity index (χ3v) is 1.42. The molecule has 1 heterocycles. The van der Waals surface area contributed by atoms with Gasteiger partial charge in [0.15, 0.2) is 0 Å². The number of ether oxygens (including phenoxy) is 1. The second-order valence-electron chi connectivity index (χ2n) is 2.51. The number of alkyl halides is 4. The average Bonchev–Trinajstić information content (AvgIpc) is 2.45. The van der Waals surface area contributed by atoms with Gasteiger partial charge in [0, 0.05) is 0 Å². The Hall–Kier alpha value is -0.320. The fourth-order valence-corrected chi connectivity index (χ4v) is 0.606. The molecular formula is C5H6F4O. The maximum Gasteiger partial charge on any atom is 0.422 e. The Morgan fingerprint density at radius 2 is 1.90 bits per heavy atom. The molecule has 1 rings (SSSR count). The van der Waals surface area contributed by atoms with Crippen LogP contribution in [0.3, 0.4) is 0 Å². The van der Waals surface area contributed by atoms with Crippen LogP contribution in [0.4, 0.5) is 17.6 Å². The van der Waals surface area contributed by atoms with E-state index in [2.05, 4.69) is 4.74 Å². The maximum absolute atomic E-state index is 12.2. The smallest absolute Gasteiger partial charge is 0.366 e. The van der Waals surface area contributed by atoms with E-state index >= 15 is 0 Å². The van der Waals surface area contributed by atoms with Crippen molar-refractivity contribution in [2.45, 2.75) is 24.9 Å². The van der Waals surface area contributed by atoms with Crippen LogP contribution >= 0.6 is 0 Å². The highest BCUT2D eigenvalue weighted by molar-refractivity contribution is 4.97. The van der Waals surface area contributed by atoms with Crippen molar-refractivity contribution in [2.75, 3.05) is 6.61 Å². The lowest BCUT2D eigenvalue weighted by atomic mass is 10.1. The summed E-state index contributed by atoms with van der Waals surface area (Å²) in [6.45, 7) is 0.957. The molecule has 0 spiro atoms. The lowest BCUT2D eigenvalue weighted by molar-refractivity contribution is -0.195. The van der Waals surface area contributed by atoms with Crippen LogP contribution < -0.4 is 0 Å². The molecule has 1 fully saturated rings. The molecule has 1 saturated heterocycles. The molecule has 0 aromatic rings. The molecule has 1 nitrogen and oxygen atoms in total. The summed E-state index contributed by atoms with van der Waals surface area (Å²) in [6.07, 6.45) is -7.63. The zero-order valence-corrected chi connectivity index (χ0v) is 5.20. The standard InChI is InChI=1S/C5H6F4O/c1-4(2-10-4)3(6)5(7,8)9/h3H,2H2,1H3. The summed E-state index contributed by atoms with van der Waals surface area (Å²) in [5, 5.41) is 0. The van der Waals surface area contributed by atoms with Crippen LogP contribution in [0, 0.1) is 0 Å². The third-order valence-electron chi connectivity index (χ3n) is 1.42. The number of halogens is 4. The second-order valence-corrected chi connectivity index (χ2v) is 2.51.